The Hall–Kier alpha value is -3.73. The van der Waals surface area contributed by atoms with Crippen LogP contribution in [-0.2, 0) is 11.3 Å². The number of nitrogens with zero attached hydrogens (tertiary/aromatic N) is 4. The number of carbonyl (C=O) groups is 2. The molecule has 1 aromatic carbocycles. The van der Waals surface area contributed by atoms with Gasteiger partial charge in [0.05, 0.1) is 5.52 Å². The second-order valence-electron chi connectivity index (χ2n) is 9.77. The van der Waals surface area contributed by atoms with Gasteiger partial charge in [-0.3, -0.25) is 14.3 Å². The first-order chi connectivity index (χ1) is 17.1. The second kappa shape index (κ2) is 11.8. The molecule has 3 aromatic rings. The Bertz CT molecular complexity index is 1180. The fourth-order valence-electron chi connectivity index (χ4n) is 3.84. The van der Waals surface area contributed by atoms with Crippen molar-refractivity contribution in [2.24, 2.45) is 11.1 Å². The van der Waals surface area contributed by atoms with Gasteiger partial charge in [0, 0.05) is 36.8 Å². The summed E-state index contributed by atoms with van der Waals surface area (Å²) in [6.07, 6.45) is 1.73. The van der Waals surface area contributed by atoms with E-state index >= 15 is 0 Å². The van der Waals surface area contributed by atoms with Crippen LogP contribution >= 0.6 is 0 Å². The molecule has 0 aliphatic rings. The fourth-order valence-corrected chi connectivity index (χ4v) is 3.84. The van der Waals surface area contributed by atoms with E-state index in [4.69, 9.17) is 5.73 Å². The number of hydrogen-bond acceptors (Lipinski definition) is 8. The molecule has 194 valence electrons. The summed E-state index contributed by atoms with van der Waals surface area (Å²) in [5.74, 6) is -0.562. The third-order valence-corrected chi connectivity index (χ3v) is 5.65. The molecule has 36 heavy (non-hydrogen) atoms. The molecule has 0 bridgehead atoms. The first kappa shape index (κ1) is 26.9. The van der Waals surface area contributed by atoms with E-state index in [1.54, 1.807) is 6.92 Å². The highest BCUT2D eigenvalue weighted by molar-refractivity contribution is 6.06. The van der Waals surface area contributed by atoms with Gasteiger partial charge < -0.3 is 26.8 Å². The molecule has 0 radical (unpaired) electrons. The summed E-state index contributed by atoms with van der Waals surface area (Å²) in [5, 5.41) is 23.6. The number of hydrogen-bond donors (Lipinski definition) is 5. The number of benzene rings is 1. The van der Waals surface area contributed by atoms with Gasteiger partial charge in [-0.2, -0.15) is 10.1 Å². The first-order valence-corrected chi connectivity index (χ1v) is 12.1. The predicted molar refractivity (Wildman–Crippen MR) is 139 cm³/mol. The van der Waals surface area contributed by atoms with Crippen LogP contribution in [0.3, 0.4) is 0 Å². The Morgan fingerprint density at radius 1 is 1.14 bits per heavy atom. The van der Waals surface area contributed by atoms with Crippen molar-refractivity contribution >= 4 is 28.7 Å². The standard InChI is InChI=1S/C25H36N8O3/c1-16-15-19(34)30-24(29-16)28-13-12-27-23(36)21(25(2,3)4)31-22(35)20-17-9-5-6-10-18(17)33(32-20)14-8-7-11-26/h5-6,9-10,15,21H,7-8,11-14,26H2,1-4H3,(H,27,36)(H,31,35)(H2,28,29,30,34). The van der Waals surface area contributed by atoms with Crippen LogP contribution in [0.25, 0.3) is 10.9 Å². The van der Waals surface area contributed by atoms with Crippen LogP contribution in [0.4, 0.5) is 5.95 Å². The largest absolute Gasteiger partial charge is 0.493 e. The third kappa shape index (κ3) is 6.91. The molecule has 0 saturated heterocycles. The number of aryl methyl sites for hydroxylation is 2. The number of amides is 2. The number of aromatic hydroxyl groups is 1. The minimum absolute atomic E-state index is 0.126. The lowest BCUT2D eigenvalue weighted by atomic mass is 9.86. The van der Waals surface area contributed by atoms with E-state index in [0.29, 0.717) is 31.0 Å². The summed E-state index contributed by atoms with van der Waals surface area (Å²) >= 11 is 0. The maximum absolute atomic E-state index is 13.3. The lowest BCUT2D eigenvalue weighted by Gasteiger charge is -2.30. The Balaban J connectivity index is 1.67. The number of nitrogens with one attached hydrogen (secondary N) is 3. The molecule has 1 atom stereocenters. The van der Waals surface area contributed by atoms with Crippen molar-refractivity contribution in [3.8, 4) is 5.88 Å². The lowest BCUT2D eigenvalue weighted by molar-refractivity contribution is -0.125. The summed E-state index contributed by atoms with van der Waals surface area (Å²) in [6, 6.07) is 8.23. The second-order valence-corrected chi connectivity index (χ2v) is 9.77. The van der Waals surface area contributed by atoms with E-state index in [1.165, 1.54) is 6.07 Å². The lowest BCUT2D eigenvalue weighted by Crippen LogP contribution is -2.54. The highest BCUT2D eigenvalue weighted by Gasteiger charge is 2.33. The smallest absolute Gasteiger partial charge is 0.273 e. The molecule has 11 nitrogen and oxygen atoms in total. The molecular formula is C25H36N8O3. The normalized spacial score (nSPS) is 12.4. The average molecular weight is 497 g/mol. The van der Waals surface area contributed by atoms with Crippen LogP contribution < -0.4 is 21.7 Å². The molecule has 0 aliphatic carbocycles. The monoisotopic (exact) mass is 496 g/mol. The van der Waals surface area contributed by atoms with Crippen LogP contribution in [0.15, 0.2) is 30.3 Å². The molecule has 6 N–H and O–H groups in total. The summed E-state index contributed by atoms with van der Waals surface area (Å²) in [5.41, 5.74) is 6.85. The number of anilines is 1. The van der Waals surface area contributed by atoms with E-state index in [2.05, 4.69) is 31.0 Å². The summed E-state index contributed by atoms with van der Waals surface area (Å²) in [4.78, 5) is 34.4. The SMILES string of the molecule is Cc1cc(O)nc(NCCNC(=O)C(NC(=O)c2nn(CCCCN)c3ccccc23)C(C)(C)C)n1. The van der Waals surface area contributed by atoms with Crippen LogP contribution in [0.1, 0.15) is 49.8 Å². The van der Waals surface area contributed by atoms with Crippen molar-refractivity contribution in [2.45, 2.75) is 53.1 Å². The number of unbranched alkanes of at least 4 members (excludes halogenated alkanes) is 1. The number of nitrogens with two attached hydrogens (primary N) is 1. The van der Waals surface area contributed by atoms with Gasteiger partial charge in [-0.05, 0) is 37.8 Å². The zero-order valence-electron chi connectivity index (χ0n) is 21.3. The predicted octanol–water partition coefficient (Wildman–Crippen LogP) is 1.95. The van der Waals surface area contributed by atoms with Crippen molar-refractivity contribution in [1.29, 1.82) is 0 Å². The highest BCUT2D eigenvalue weighted by atomic mass is 16.3. The molecule has 3 rings (SSSR count). The van der Waals surface area contributed by atoms with Crippen molar-refractivity contribution in [2.75, 3.05) is 25.0 Å². The molecule has 0 saturated carbocycles. The van der Waals surface area contributed by atoms with Crippen LogP contribution in [-0.4, -0.2) is 62.3 Å². The Labute approximate surface area is 210 Å². The van der Waals surface area contributed by atoms with Gasteiger partial charge in [-0.15, -0.1) is 0 Å². The van der Waals surface area contributed by atoms with Crippen LogP contribution in [0, 0.1) is 12.3 Å². The molecule has 2 aromatic heterocycles. The zero-order valence-corrected chi connectivity index (χ0v) is 21.3. The molecule has 2 amide bonds. The Morgan fingerprint density at radius 2 is 1.89 bits per heavy atom. The maximum atomic E-state index is 13.3. The summed E-state index contributed by atoms with van der Waals surface area (Å²) in [6.45, 7) is 9.30. The molecule has 0 aliphatic heterocycles. The Kier molecular flexibility index (Phi) is 8.81. The molecule has 0 spiro atoms. The molecular weight excluding hydrogens is 460 g/mol. The van der Waals surface area contributed by atoms with Gasteiger partial charge in [-0.25, -0.2) is 4.98 Å². The van der Waals surface area contributed by atoms with Crippen molar-refractivity contribution in [3.05, 3.63) is 41.7 Å². The number of para-hydroxylation sites is 1. The molecule has 0 fully saturated rings. The highest BCUT2D eigenvalue weighted by Crippen LogP contribution is 2.23. The van der Waals surface area contributed by atoms with Crippen molar-refractivity contribution in [3.63, 3.8) is 0 Å². The van der Waals surface area contributed by atoms with Gasteiger partial charge in [0.15, 0.2) is 5.69 Å². The molecule has 11 heteroatoms. The Morgan fingerprint density at radius 3 is 2.58 bits per heavy atom. The average Bonchev–Trinajstić information content (AvgIpc) is 3.18. The minimum atomic E-state index is -0.787. The van der Waals surface area contributed by atoms with Crippen molar-refractivity contribution < 1.29 is 14.7 Å². The molecule has 1 unspecified atom stereocenters. The van der Waals surface area contributed by atoms with Gasteiger partial charge in [0.1, 0.15) is 6.04 Å². The summed E-state index contributed by atoms with van der Waals surface area (Å²) in [7, 11) is 0. The number of rotatable bonds is 11. The van der Waals surface area contributed by atoms with E-state index < -0.39 is 17.4 Å². The number of fused-ring (bicyclic) bond motifs is 1. The quantitative estimate of drug-likeness (QED) is 0.252. The summed E-state index contributed by atoms with van der Waals surface area (Å²) < 4.78 is 1.82. The van der Waals surface area contributed by atoms with E-state index in [-0.39, 0.29) is 24.3 Å². The number of aromatic nitrogens is 4. The maximum Gasteiger partial charge on any atom is 0.273 e. The van der Waals surface area contributed by atoms with Gasteiger partial charge in [0.25, 0.3) is 5.91 Å². The minimum Gasteiger partial charge on any atom is -0.493 e. The fraction of sp³-hybridized carbons (Fsp3) is 0.480. The van der Waals surface area contributed by atoms with Crippen LogP contribution in [0.2, 0.25) is 0 Å². The topological polar surface area (TPSA) is 160 Å². The van der Waals surface area contributed by atoms with E-state index in [0.717, 1.165) is 23.7 Å². The van der Waals surface area contributed by atoms with Gasteiger partial charge in [0.2, 0.25) is 17.7 Å². The van der Waals surface area contributed by atoms with Gasteiger partial charge in [-0.1, -0.05) is 39.0 Å². The first-order valence-electron chi connectivity index (χ1n) is 12.1. The van der Waals surface area contributed by atoms with Crippen LogP contribution in [0.5, 0.6) is 5.88 Å². The number of carbonyl (C=O) groups excluding carboxylic acids is 2. The van der Waals surface area contributed by atoms with Gasteiger partial charge >= 0.3 is 0 Å². The van der Waals surface area contributed by atoms with Crippen molar-refractivity contribution in [1.82, 2.24) is 30.4 Å². The zero-order chi connectivity index (χ0) is 26.3. The molecule has 2 heterocycles. The van der Waals surface area contributed by atoms with E-state index in [9.17, 15) is 14.7 Å². The van der Waals surface area contributed by atoms with E-state index in [1.807, 2.05) is 49.7 Å². The third-order valence-electron chi connectivity index (χ3n) is 5.65.